The highest BCUT2D eigenvalue weighted by Gasteiger charge is 2.09. The van der Waals surface area contributed by atoms with Gasteiger partial charge in [-0.05, 0) is 42.6 Å². The number of nitrogens with one attached hydrogen (secondary N) is 2. The number of benzene rings is 1. The van der Waals surface area contributed by atoms with Crippen molar-refractivity contribution in [1.82, 2.24) is 19.9 Å². The van der Waals surface area contributed by atoms with E-state index in [9.17, 15) is 0 Å². The summed E-state index contributed by atoms with van der Waals surface area (Å²) in [7, 11) is 1.85. The van der Waals surface area contributed by atoms with Gasteiger partial charge in [-0.2, -0.15) is 0 Å². The van der Waals surface area contributed by atoms with Crippen molar-refractivity contribution in [3.63, 3.8) is 0 Å². The molecule has 1 aromatic carbocycles. The Morgan fingerprint density at radius 1 is 1.14 bits per heavy atom. The molecule has 0 aliphatic heterocycles. The first-order valence-corrected chi connectivity index (χ1v) is 8.47. The van der Waals surface area contributed by atoms with Crippen molar-refractivity contribution in [3.05, 3.63) is 29.8 Å². The maximum Gasteiger partial charge on any atom is 0.190 e. The number of H-pyrrole nitrogens is 1. The lowest BCUT2D eigenvalue weighted by molar-refractivity contribution is 0.893. The third-order valence-electron chi connectivity index (χ3n) is 2.94. The largest absolute Gasteiger partial charge is 0.373 e. The summed E-state index contributed by atoms with van der Waals surface area (Å²) >= 11 is 3.03. The third kappa shape index (κ3) is 3.14. The molecule has 0 amide bonds. The fourth-order valence-electron chi connectivity index (χ4n) is 1.92. The number of imidazole rings is 1. The van der Waals surface area contributed by atoms with E-state index in [0.29, 0.717) is 0 Å². The summed E-state index contributed by atoms with van der Waals surface area (Å²) in [5.41, 5.74) is 3.23. The number of rotatable bonds is 4. The summed E-state index contributed by atoms with van der Waals surface area (Å²) in [5, 5.41) is 5.51. The highest BCUT2D eigenvalue weighted by molar-refractivity contribution is 7.99. The Kier molecular flexibility index (Phi) is 4.03. The molecule has 0 unspecified atom stereocenters. The second-order valence-electron chi connectivity index (χ2n) is 4.49. The van der Waals surface area contributed by atoms with Gasteiger partial charge in [0.25, 0.3) is 0 Å². The number of nitrogens with zero attached hydrogens (tertiary/aromatic N) is 3. The molecule has 2 N–H and O–H groups in total. The normalized spacial score (nSPS) is 11.0. The number of aromatic amines is 1. The molecular formula is C14H15N5S2. The molecule has 7 heteroatoms. The van der Waals surface area contributed by atoms with Crippen LogP contribution in [0.3, 0.4) is 0 Å². The van der Waals surface area contributed by atoms with E-state index in [2.05, 4.69) is 44.3 Å². The van der Waals surface area contributed by atoms with Gasteiger partial charge in [-0.1, -0.05) is 17.8 Å². The van der Waals surface area contributed by atoms with Gasteiger partial charge < -0.3 is 10.3 Å². The quantitative estimate of drug-likeness (QED) is 0.435. The molecule has 0 aliphatic carbocycles. The van der Waals surface area contributed by atoms with Crippen molar-refractivity contribution in [3.8, 4) is 0 Å². The summed E-state index contributed by atoms with van der Waals surface area (Å²) in [6, 6.07) is 8.10. The van der Waals surface area contributed by atoms with E-state index in [1.54, 1.807) is 0 Å². The van der Waals surface area contributed by atoms with Crippen LogP contribution in [0.4, 0.5) is 5.82 Å². The van der Waals surface area contributed by atoms with Gasteiger partial charge in [0.1, 0.15) is 10.8 Å². The Labute approximate surface area is 131 Å². The second-order valence-corrected chi connectivity index (χ2v) is 6.28. The predicted molar refractivity (Wildman–Crippen MR) is 88.3 cm³/mol. The van der Waals surface area contributed by atoms with Crippen LogP contribution < -0.4 is 5.32 Å². The molecule has 3 rings (SSSR count). The molecule has 3 aromatic rings. The van der Waals surface area contributed by atoms with Crippen molar-refractivity contribution in [2.45, 2.75) is 22.3 Å². The highest BCUT2D eigenvalue weighted by Crippen LogP contribution is 2.28. The lowest BCUT2D eigenvalue weighted by Gasteiger charge is -2.04. The van der Waals surface area contributed by atoms with Crippen LogP contribution in [-0.4, -0.2) is 33.2 Å². The first-order valence-electron chi connectivity index (χ1n) is 6.43. The molecular weight excluding hydrogens is 302 g/mol. The van der Waals surface area contributed by atoms with Crippen LogP contribution in [-0.2, 0) is 0 Å². The van der Waals surface area contributed by atoms with Gasteiger partial charge >= 0.3 is 0 Å². The SMILES string of the molecule is CNc1cc(Sc2nc3ccc(C)cc3[nH]2)nc(SC)n1. The number of hydrogen-bond donors (Lipinski definition) is 2. The number of aryl methyl sites for hydroxylation is 1. The third-order valence-corrected chi connectivity index (χ3v) is 4.29. The van der Waals surface area contributed by atoms with E-state index in [1.165, 1.54) is 29.1 Å². The van der Waals surface area contributed by atoms with Crippen molar-refractivity contribution >= 4 is 40.4 Å². The minimum atomic E-state index is 0.747. The average molecular weight is 317 g/mol. The first kappa shape index (κ1) is 14.2. The standard InChI is InChI=1S/C14H15N5S2/c1-8-4-5-9-10(6-8)17-14(16-9)21-12-7-11(15-2)18-13(19-12)20-3/h4-7H,1-3H3,(H,16,17)(H,15,18,19). The van der Waals surface area contributed by atoms with Crippen LogP contribution in [0.1, 0.15) is 5.56 Å². The molecule has 0 atom stereocenters. The maximum atomic E-state index is 4.58. The van der Waals surface area contributed by atoms with E-state index < -0.39 is 0 Å². The lowest BCUT2D eigenvalue weighted by Crippen LogP contribution is -1.96. The smallest absolute Gasteiger partial charge is 0.190 e. The lowest BCUT2D eigenvalue weighted by atomic mass is 10.2. The van der Waals surface area contributed by atoms with Crippen LogP contribution in [0.15, 0.2) is 39.6 Å². The molecule has 108 valence electrons. The van der Waals surface area contributed by atoms with Crippen molar-refractivity contribution in [1.29, 1.82) is 0 Å². The van der Waals surface area contributed by atoms with Crippen LogP contribution in [0, 0.1) is 6.92 Å². The topological polar surface area (TPSA) is 66.5 Å². The van der Waals surface area contributed by atoms with Gasteiger partial charge in [0.15, 0.2) is 10.3 Å². The predicted octanol–water partition coefficient (Wildman–Crippen LogP) is 3.58. The summed E-state index contributed by atoms with van der Waals surface area (Å²) in [4.78, 5) is 16.8. The summed E-state index contributed by atoms with van der Waals surface area (Å²) in [6.45, 7) is 2.07. The van der Waals surface area contributed by atoms with Crippen molar-refractivity contribution in [2.24, 2.45) is 0 Å². The molecule has 0 saturated carbocycles. The zero-order chi connectivity index (χ0) is 14.8. The van der Waals surface area contributed by atoms with E-state index in [1.807, 2.05) is 25.4 Å². The molecule has 0 aliphatic rings. The van der Waals surface area contributed by atoms with E-state index in [-0.39, 0.29) is 0 Å². The van der Waals surface area contributed by atoms with Gasteiger partial charge in [-0.25, -0.2) is 15.0 Å². The van der Waals surface area contributed by atoms with Crippen molar-refractivity contribution < 1.29 is 0 Å². The Bertz CT molecular complexity index is 762. The average Bonchev–Trinajstić information content (AvgIpc) is 2.87. The van der Waals surface area contributed by atoms with Gasteiger partial charge in [0.2, 0.25) is 0 Å². The monoisotopic (exact) mass is 317 g/mol. The molecule has 0 bridgehead atoms. The van der Waals surface area contributed by atoms with Crippen LogP contribution in [0.5, 0.6) is 0 Å². The Hall–Kier alpha value is -1.73. The summed E-state index contributed by atoms with van der Waals surface area (Å²) in [6.07, 6.45) is 1.97. The van der Waals surface area contributed by atoms with Gasteiger partial charge in [-0.15, -0.1) is 0 Å². The molecule has 2 heterocycles. The van der Waals surface area contributed by atoms with Gasteiger partial charge in [0, 0.05) is 13.1 Å². The number of thioether (sulfide) groups is 1. The van der Waals surface area contributed by atoms with Crippen LogP contribution in [0.2, 0.25) is 0 Å². The maximum absolute atomic E-state index is 4.58. The molecule has 0 radical (unpaired) electrons. The molecule has 0 fully saturated rings. The molecule has 5 nitrogen and oxygen atoms in total. The number of fused-ring (bicyclic) bond motifs is 1. The van der Waals surface area contributed by atoms with Crippen molar-refractivity contribution in [2.75, 3.05) is 18.6 Å². The number of anilines is 1. The Morgan fingerprint density at radius 3 is 2.76 bits per heavy atom. The summed E-state index contributed by atoms with van der Waals surface area (Å²) < 4.78 is 0. The second kappa shape index (κ2) is 5.95. The molecule has 0 saturated heterocycles. The van der Waals surface area contributed by atoms with E-state index >= 15 is 0 Å². The molecule has 0 spiro atoms. The van der Waals surface area contributed by atoms with Crippen LogP contribution in [0.25, 0.3) is 11.0 Å². The van der Waals surface area contributed by atoms with Crippen LogP contribution >= 0.6 is 23.5 Å². The van der Waals surface area contributed by atoms with Gasteiger partial charge in [0.05, 0.1) is 11.0 Å². The minimum absolute atomic E-state index is 0.747. The summed E-state index contributed by atoms with van der Waals surface area (Å²) in [5.74, 6) is 0.809. The fraction of sp³-hybridized carbons (Fsp3) is 0.214. The minimum Gasteiger partial charge on any atom is -0.373 e. The van der Waals surface area contributed by atoms with E-state index in [0.717, 1.165) is 32.2 Å². The number of aromatic nitrogens is 4. The van der Waals surface area contributed by atoms with Gasteiger partial charge in [-0.3, -0.25) is 0 Å². The molecule has 21 heavy (non-hydrogen) atoms. The fourth-order valence-corrected chi connectivity index (χ4v) is 3.17. The first-order chi connectivity index (χ1) is 10.2. The molecule has 2 aromatic heterocycles. The zero-order valence-electron chi connectivity index (χ0n) is 12.0. The Morgan fingerprint density at radius 2 is 2.00 bits per heavy atom. The zero-order valence-corrected chi connectivity index (χ0v) is 13.6. The Balaban J connectivity index is 1.94. The number of hydrogen-bond acceptors (Lipinski definition) is 6. The van der Waals surface area contributed by atoms with E-state index in [4.69, 9.17) is 0 Å². The highest BCUT2D eigenvalue weighted by atomic mass is 32.2.